The topological polar surface area (TPSA) is 95.9 Å². The summed E-state index contributed by atoms with van der Waals surface area (Å²) in [5.41, 5.74) is 2.58. The number of anilines is 1. The maximum absolute atomic E-state index is 14.4. The van der Waals surface area contributed by atoms with E-state index in [1.807, 2.05) is 48.5 Å². The molecule has 0 bridgehead atoms. The zero-order chi connectivity index (χ0) is 25.3. The van der Waals surface area contributed by atoms with E-state index in [1.165, 1.54) is 27.0 Å². The summed E-state index contributed by atoms with van der Waals surface area (Å²) >= 11 is 0. The number of aliphatic carboxylic acids is 1. The Kier molecular flexibility index (Phi) is 6.30. The second kappa shape index (κ2) is 9.21. The number of carbonyl (C=O) groups is 3. The first-order valence-corrected chi connectivity index (χ1v) is 11.0. The van der Waals surface area contributed by atoms with Gasteiger partial charge in [-0.25, -0.2) is 14.0 Å². The van der Waals surface area contributed by atoms with Crippen LogP contribution in [-0.4, -0.2) is 47.2 Å². The van der Waals surface area contributed by atoms with Gasteiger partial charge in [0.05, 0.1) is 5.56 Å². The first-order valence-electron chi connectivity index (χ1n) is 11.0. The number of rotatable bonds is 6. The maximum Gasteiger partial charge on any atom is 0.411 e. The van der Waals surface area contributed by atoms with Crippen LogP contribution < -0.4 is 5.32 Å². The van der Waals surface area contributed by atoms with Crippen LogP contribution in [-0.2, 0) is 9.53 Å². The van der Waals surface area contributed by atoms with Crippen LogP contribution in [0.15, 0.2) is 66.7 Å². The number of carboxylic acids is 1. The summed E-state index contributed by atoms with van der Waals surface area (Å²) in [7, 11) is 1.28. The monoisotopic (exact) mass is 476 g/mol. The molecular formula is C27H25FN2O5. The molecule has 0 aromatic heterocycles. The summed E-state index contributed by atoms with van der Waals surface area (Å²) in [6.45, 7) is 2.77. The molecule has 180 valence electrons. The van der Waals surface area contributed by atoms with Gasteiger partial charge in [-0.2, -0.15) is 0 Å². The van der Waals surface area contributed by atoms with Crippen molar-refractivity contribution in [2.75, 3.05) is 19.0 Å². The van der Waals surface area contributed by atoms with Crippen molar-refractivity contribution in [1.29, 1.82) is 0 Å². The number of carboxylic acid groups (broad SMARTS) is 1. The molecule has 8 heteroatoms. The van der Waals surface area contributed by atoms with Gasteiger partial charge in [-0.1, -0.05) is 48.5 Å². The Morgan fingerprint density at radius 3 is 2.14 bits per heavy atom. The lowest BCUT2D eigenvalue weighted by Crippen LogP contribution is -2.51. The van der Waals surface area contributed by atoms with Crippen molar-refractivity contribution >= 4 is 23.7 Å². The van der Waals surface area contributed by atoms with Gasteiger partial charge in [-0.3, -0.25) is 10.1 Å². The molecule has 4 rings (SSSR count). The highest BCUT2D eigenvalue weighted by Gasteiger charge is 2.36. The number of likely N-dealkylation sites (N-methyl/N-ethyl adjacent to an activating group) is 1. The average Bonchev–Trinajstić information content (AvgIpc) is 3.16. The minimum absolute atomic E-state index is 0.0996. The van der Waals surface area contributed by atoms with Crippen molar-refractivity contribution in [3.8, 4) is 11.1 Å². The highest BCUT2D eigenvalue weighted by atomic mass is 19.1. The molecule has 0 atom stereocenters. The lowest BCUT2D eigenvalue weighted by atomic mass is 9.98. The minimum Gasteiger partial charge on any atom is -0.480 e. The van der Waals surface area contributed by atoms with Crippen LogP contribution in [0.2, 0.25) is 0 Å². The smallest absolute Gasteiger partial charge is 0.411 e. The number of fused-ring (bicyclic) bond motifs is 3. The largest absolute Gasteiger partial charge is 0.480 e. The molecule has 0 fully saturated rings. The molecule has 0 aliphatic heterocycles. The van der Waals surface area contributed by atoms with Crippen molar-refractivity contribution in [3.63, 3.8) is 0 Å². The predicted molar refractivity (Wildman–Crippen MR) is 129 cm³/mol. The van der Waals surface area contributed by atoms with Crippen LogP contribution in [0.1, 0.15) is 41.3 Å². The van der Waals surface area contributed by atoms with Gasteiger partial charge in [0.2, 0.25) is 0 Å². The van der Waals surface area contributed by atoms with E-state index in [4.69, 9.17) is 4.74 Å². The van der Waals surface area contributed by atoms with E-state index >= 15 is 0 Å². The summed E-state index contributed by atoms with van der Waals surface area (Å²) in [6, 6.07) is 19.4. The molecule has 3 aromatic carbocycles. The number of benzene rings is 3. The number of nitrogens with one attached hydrogen (secondary N) is 1. The van der Waals surface area contributed by atoms with Crippen molar-refractivity contribution in [3.05, 3.63) is 89.2 Å². The molecule has 2 amide bonds. The Hall–Kier alpha value is -4.20. The highest BCUT2D eigenvalue weighted by molar-refractivity contribution is 5.99. The fraction of sp³-hybridized carbons (Fsp3) is 0.222. The highest BCUT2D eigenvalue weighted by Crippen LogP contribution is 2.44. The summed E-state index contributed by atoms with van der Waals surface area (Å²) in [5.74, 6) is -3.01. The van der Waals surface area contributed by atoms with E-state index in [0.29, 0.717) is 0 Å². The number of nitrogens with zero attached hydrogens (tertiary/aromatic N) is 1. The molecule has 0 spiro atoms. The van der Waals surface area contributed by atoms with Crippen LogP contribution in [0.5, 0.6) is 0 Å². The van der Waals surface area contributed by atoms with Gasteiger partial charge in [-0.05, 0) is 54.3 Å². The molecular weight excluding hydrogens is 451 g/mol. The Labute approximate surface area is 202 Å². The third-order valence-corrected chi connectivity index (χ3v) is 6.45. The van der Waals surface area contributed by atoms with Crippen molar-refractivity contribution in [2.24, 2.45) is 0 Å². The molecule has 0 unspecified atom stereocenters. The number of hydrogen-bond acceptors (Lipinski definition) is 4. The molecule has 2 N–H and O–H groups in total. The van der Waals surface area contributed by atoms with E-state index in [0.717, 1.165) is 39.3 Å². The average molecular weight is 477 g/mol. The molecule has 0 saturated carbocycles. The first-order chi connectivity index (χ1) is 16.6. The molecule has 3 aromatic rings. The van der Waals surface area contributed by atoms with Gasteiger partial charge in [0.1, 0.15) is 18.0 Å². The molecule has 35 heavy (non-hydrogen) atoms. The number of carbonyl (C=O) groups excluding carboxylic acids is 2. The summed E-state index contributed by atoms with van der Waals surface area (Å²) < 4.78 is 19.9. The van der Waals surface area contributed by atoms with Crippen LogP contribution in [0.25, 0.3) is 11.1 Å². The van der Waals surface area contributed by atoms with Gasteiger partial charge >= 0.3 is 12.1 Å². The van der Waals surface area contributed by atoms with Crippen LogP contribution in [0, 0.1) is 5.82 Å². The number of ether oxygens (including phenoxy) is 1. The SMILES string of the molecule is CN(C(=O)c1cc(NC(=O)OCC2c3ccccc3-c3ccccc32)ccc1F)C(C)(C)C(=O)O. The van der Waals surface area contributed by atoms with E-state index in [1.54, 1.807) is 0 Å². The Morgan fingerprint density at radius 2 is 1.57 bits per heavy atom. The Bertz CT molecular complexity index is 1270. The van der Waals surface area contributed by atoms with Gasteiger partial charge < -0.3 is 14.7 Å². The second-order valence-corrected chi connectivity index (χ2v) is 8.87. The predicted octanol–water partition coefficient (Wildman–Crippen LogP) is 5.12. The van der Waals surface area contributed by atoms with Gasteiger partial charge in [-0.15, -0.1) is 0 Å². The van der Waals surface area contributed by atoms with Crippen LogP contribution >= 0.6 is 0 Å². The van der Waals surface area contributed by atoms with Crippen molar-refractivity contribution in [1.82, 2.24) is 4.90 Å². The van der Waals surface area contributed by atoms with E-state index in [-0.39, 0.29) is 23.8 Å². The zero-order valence-corrected chi connectivity index (χ0v) is 19.5. The summed E-state index contributed by atoms with van der Waals surface area (Å²) in [4.78, 5) is 37.7. The van der Waals surface area contributed by atoms with E-state index < -0.39 is 29.3 Å². The number of halogens is 1. The quantitative estimate of drug-likeness (QED) is 0.515. The van der Waals surface area contributed by atoms with E-state index in [9.17, 15) is 23.9 Å². The molecule has 0 heterocycles. The third kappa shape index (κ3) is 4.47. The molecule has 1 aliphatic carbocycles. The first kappa shape index (κ1) is 23.9. The molecule has 7 nitrogen and oxygen atoms in total. The molecule has 0 saturated heterocycles. The number of hydrogen-bond donors (Lipinski definition) is 2. The van der Waals surface area contributed by atoms with Gasteiger partial charge in [0.15, 0.2) is 0 Å². The second-order valence-electron chi connectivity index (χ2n) is 8.87. The van der Waals surface area contributed by atoms with Crippen LogP contribution in [0.3, 0.4) is 0 Å². The number of amides is 2. The van der Waals surface area contributed by atoms with Crippen molar-refractivity contribution < 1.29 is 28.6 Å². The summed E-state index contributed by atoms with van der Waals surface area (Å²) in [6.07, 6.45) is -0.754. The van der Waals surface area contributed by atoms with Crippen LogP contribution in [0.4, 0.5) is 14.9 Å². The maximum atomic E-state index is 14.4. The van der Waals surface area contributed by atoms with Gasteiger partial charge in [0, 0.05) is 18.7 Å². The fourth-order valence-corrected chi connectivity index (χ4v) is 4.10. The van der Waals surface area contributed by atoms with Gasteiger partial charge in [0.25, 0.3) is 5.91 Å². The Balaban J connectivity index is 1.47. The fourth-order valence-electron chi connectivity index (χ4n) is 4.10. The standard InChI is InChI=1S/C27H25FN2O5/c1-27(2,25(32)33)30(3)24(31)21-14-16(12-13-23(21)28)29-26(34)35-15-22-19-10-6-4-8-17(19)18-9-5-7-11-20(18)22/h4-14,22H,15H2,1-3H3,(H,29,34)(H,32,33). The lowest BCUT2D eigenvalue weighted by molar-refractivity contribution is -0.147. The lowest BCUT2D eigenvalue weighted by Gasteiger charge is -2.31. The molecule has 1 aliphatic rings. The van der Waals surface area contributed by atoms with Crippen molar-refractivity contribution in [2.45, 2.75) is 25.3 Å². The molecule has 0 radical (unpaired) electrons. The summed E-state index contributed by atoms with van der Waals surface area (Å²) in [5, 5.41) is 11.9. The third-order valence-electron chi connectivity index (χ3n) is 6.45. The Morgan fingerprint density at radius 1 is 1.00 bits per heavy atom. The van der Waals surface area contributed by atoms with E-state index in [2.05, 4.69) is 5.32 Å². The normalized spacial score (nSPS) is 12.5. The minimum atomic E-state index is -1.56. The zero-order valence-electron chi connectivity index (χ0n) is 19.5.